The van der Waals surface area contributed by atoms with E-state index in [1.54, 1.807) is 29.7 Å². The number of hydrogen-bond donors (Lipinski definition) is 0. The van der Waals surface area contributed by atoms with E-state index in [2.05, 4.69) is 9.89 Å². The maximum atomic E-state index is 13.7. The van der Waals surface area contributed by atoms with Crippen LogP contribution in [-0.4, -0.2) is 43.9 Å². The van der Waals surface area contributed by atoms with Gasteiger partial charge >= 0.3 is 5.97 Å². The van der Waals surface area contributed by atoms with Gasteiger partial charge in [-0.3, -0.25) is 9.36 Å². The topological polar surface area (TPSA) is 86.3 Å². The molecule has 2 aliphatic rings. The van der Waals surface area contributed by atoms with E-state index >= 15 is 0 Å². The molecule has 194 valence electrons. The molecule has 0 bridgehead atoms. The van der Waals surface area contributed by atoms with Crippen LogP contribution in [0.3, 0.4) is 0 Å². The number of esters is 1. The molecule has 0 N–H and O–H groups in total. The molecule has 0 spiro atoms. The Morgan fingerprint density at radius 3 is 2.65 bits per heavy atom. The highest BCUT2D eigenvalue weighted by atomic mass is 35.5. The Labute approximate surface area is 223 Å². The van der Waals surface area contributed by atoms with Gasteiger partial charge < -0.3 is 18.8 Å². The molecule has 1 unspecified atom stereocenters. The summed E-state index contributed by atoms with van der Waals surface area (Å²) >= 11 is 7.39. The Bertz CT molecular complexity index is 1500. The SMILES string of the molecule is COCCOC(=O)C1=C(C)N=c2sc(=Cc3ccc(N4CCCCC4)o3)c(=O)n2C1c1ccc(Cl)cc1. The van der Waals surface area contributed by atoms with E-state index in [0.717, 1.165) is 37.4 Å². The molecule has 0 saturated carbocycles. The van der Waals surface area contributed by atoms with Gasteiger partial charge in [-0.1, -0.05) is 35.1 Å². The molecule has 2 aromatic heterocycles. The standard InChI is InChI=1S/C27H28ClN3O5S/c1-17-23(26(33)35-15-14-34-2)24(18-6-8-19(28)9-7-18)31-25(32)21(37-27(31)29-17)16-20-10-11-22(36-20)30-12-4-3-5-13-30/h6-11,16,24H,3-5,12-15H2,1-2H3. The number of aromatic nitrogens is 1. The van der Waals surface area contributed by atoms with Gasteiger partial charge in [-0.05, 0) is 49.9 Å². The summed E-state index contributed by atoms with van der Waals surface area (Å²) in [5.74, 6) is 0.878. The second kappa shape index (κ2) is 11.1. The summed E-state index contributed by atoms with van der Waals surface area (Å²) in [5, 5.41) is 0.559. The number of methoxy groups -OCH3 is 1. The second-order valence-corrected chi connectivity index (χ2v) is 10.4. The number of allylic oxidation sites excluding steroid dienone is 1. The quantitative estimate of drug-likeness (QED) is 0.335. The third-order valence-corrected chi connectivity index (χ3v) is 7.74. The summed E-state index contributed by atoms with van der Waals surface area (Å²) in [4.78, 5) is 34.2. The number of thiazole rings is 1. The molecular weight excluding hydrogens is 514 g/mol. The molecule has 3 aromatic rings. The number of hydrogen-bond acceptors (Lipinski definition) is 8. The Hall–Kier alpha value is -3.14. The van der Waals surface area contributed by atoms with E-state index in [1.807, 2.05) is 24.3 Å². The molecule has 0 aliphatic carbocycles. The van der Waals surface area contributed by atoms with E-state index in [0.29, 0.717) is 31.4 Å². The summed E-state index contributed by atoms with van der Waals surface area (Å²) in [6, 6.07) is 10.2. The predicted molar refractivity (Wildman–Crippen MR) is 143 cm³/mol. The summed E-state index contributed by atoms with van der Waals surface area (Å²) in [7, 11) is 1.54. The summed E-state index contributed by atoms with van der Waals surface area (Å²) < 4.78 is 18.5. The Morgan fingerprint density at radius 1 is 1.16 bits per heavy atom. The molecule has 8 nitrogen and oxygen atoms in total. The van der Waals surface area contributed by atoms with Gasteiger partial charge in [-0.15, -0.1) is 0 Å². The number of benzene rings is 1. The maximum absolute atomic E-state index is 13.7. The number of carbonyl (C=O) groups excluding carboxylic acids is 1. The van der Waals surface area contributed by atoms with Crippen LogP contribution in [0.4, 0.5) is 5.88 Å². The summed E-state index contributed by atoms with van der Waals surface area (Å²) in [6.07, 6.45) is 5.28. The van der Waals surface area contributed by atoms with Crippen LogP contribution in [0, 0.1) is 0 Å². The van der Waals surface area contributed by atoms with Crippen molar-refractivity contribution in [3.05, 3.63) is 83.7 Å². The minimum Gasteiger partial charge on any atom is -0.460 e. The van der Waals surface area contributed by atoms with Crippen LogP contribution in [0.5, 0.6) is 0 Å². The highest BCUT2D eigenvalue weighted by Crippen LogP contribution is 2.31. The van der Waals surface area contributed by atoms with Crippen molar-refractivity contribution in [1.29, 1.82) is 0 Å². The van der Waals surface area contributed by atoms with Crippen molar-refractivity contribution in [2.45, 2.75) is 32.2 Å². The van der Waals surface area contributed by atoms with Gasteiger partial charge in [0, 0.05) is 37.4 Å². The number of fused-ring (bicyclic) bond motifs is 1. The van der Waals surface area contributed by atoms with E-state index < -0.39 is 12.0 Å². The van der Waals surface area contributed by atoms with Crippen molar-refractivity contribution in [3.63, 3.8) is 0 Å². The fraction of sp³-hybridized carbons (Fsp3) is 0.370. The van der Waals surface area contributed by atoms with Crippen LogP contribution in [-0.2, 0) is 14.3 Å². The van der Waals surface area contributed by atoms with Gasteiger partial charge in [0.1, 0.15) is 12.4 Å². The normalized spacial score (nSPS) is 18.1. The number of piperidine rings is 1. The first-order valence-electron chi connectivity index (χ1n) is 12.2. The number of anilines is 1. The monoisotopic (exact) mass is 541 g/mol. The third kappa shape index (κ3) is 5.30. The minimum atomic E-state index is -0.703. The second-order valence-electron chi connectivity index (χ2n) is 8.99. The van der Waals surface area contributed by atoms with E-state index in [4.69, 9.17) is 25.5 Å². The maximum Gasteiger partial charge on any atom is 0.338 e. The lowest BCUT2D eigenvalue weighted by Gasteiger charge is -2.25. The average molecular weight is 542 g/mol. The van der Waals surface area contributed by atoms with Crippen molar-refractivity contribution in [1.82, 2.24) is 4.57 Å². The molecule has 1 atom stereocenters. The largest absolute Gasteiger partial charge is 0.460 e. The molecule has 1 saturated heterocycles. The molecule has 4 heterocycles. The van der Waals surface area contributed by atoms with E-state index in [1.165, 1.54) is 24.9 Å². The molecule has 10 heteroatoms. The molecule has 5 rings (SSSR count). The number of furan rings is 1. The van der Waals surface area contributed by atoms with Crippen LogP contribution in [0.25, 0.3) is 6.08 Å². The highest BCUT2D eigenvalue weighted by Gasteiger charge is 2.33. The van der Waals surface area contributed by atoms with Crippen molar-refractivity contribution in [2.75, 3.05) is 38.3 Å². The third-order valence-electron chi connectivity index (χ3n) is 6.50. The first-order chi connectivity index (χ1) is 18.0. The lowest BCUT2D eigenvalue weighted by atomic mass is 9.96. The molecule has 1 fully saturated rings. The molecular formula is C27H28ClN3O5S. The lowest BCUT2D eigenvalue weighted by molar-refractivity contribution is -0.140. The van der Waals surface area contributed by atoms with E-state index in [9.17, 15) is 9.59 Å². The number of ether oxygens (including phenoxy) is 2. The summed E-state index contributed by atoms with van der Waals surface area (Å²) in [6.45, 7) is 4.07. The van der Waals surface area contributed by atoms with Crippen LogP contribution in [0.15, 0.2) is 61.9 Å². The molecule has 0 radical (unpaired) electrons. The number of halogens is 1. The fourth-order valence-corrected chi connectivity index (χ4v) is 5.82. The zero-order valence-electron chi connectivity index (χ0n) is 20.7. The van der Waals surface area contributed by atoms with Crippen LogP contribution in [0.2, 0.25) is 5.02 Å². The van der Waals surface area contributed by atoms with Crippen LogP contribution in [0.1, 0.15) is 43.6 Å². The molecule has 37 heavy (non-hydrogen) atoms. The number of nitrogens with zero attached hydrogens (tertiary/aromatic N) is 3. The van der Waals surface area contributed by atoms with Crippen LogP contribution < -0.4 is 19.8 Å². The van der Waals surface area contributed by atoms with Crippen molar-refractivity contribution in [2.24, 2.45) is 4.99 Å². The Kier molecular flexibility index (Phi) is 7.64. The van der Waals surface area contributed by atoms with Gasteiger partial charge in [0.05, 0.1) is 28.5 Å². The molecule has 1 aromatic carbocycles. The summed E-state index contributed by atoms with van der Waals surface area (Å²) in [5.41, 5.74) is 1.29. The first kappa shape index (κ1) is 25.5. The zero-order valence-corrected chi connectivity index (χ0v) is 22.3. The zero-order chi connectivity index (χ0) is 25.9. The van der Waals surface area contributed by atoms with Gasteiger partial charge in [-0.25, -0.2) is 9.79 Å². The Balaban J connectivity index is 1.57. The number of carbonyl (C=O) groups is 1. The van der Waals surface area contributed by atoms with Crippen molar-refractivity contribution < 1.29 is 18.7 Å². The predicted octanol–water partition coefficient (Wildman–Crippen LogP) is 3.66. The Morgan fingerprint density at radius 2 is 1.92 bits per heavy atom. The van der Waals surface area contributed by atoms with Crippen molar-refractivity contribution in [3.8, 4) is 0 Å². The highest BCUT2D eigenvalue weighted by molar-refractivity contribution is 7.07. The minimum absolute atomic E-state index is 0.0989. The smallest absolute Gasteiger partial charge is 0.338 e. The fourth-order valence-electron chi connectivity index (χ4n) is 4.67. The van der Waals surface area contributed by atoms with E-state index in [-0.39, 0.29) is 18.8 Å². The van der Waals surface area contributed by atoms with Gasteiger partial charge in [0.25, 0.3) is 5.56 Å². The molecule has 2 aliphatic heterocycles. The lowest BCUT2D eigenvalue weighted by Crippen LogP contribution is -2.40. The van der Waals surface area contributed by atoms with Gasteiger partial charge in [0.15, 0.2) is 10.7 Å². The molecule has 0 amide bonds. The van der Waals surface area contributed by atoms with Gasteiger partial charge in [0.2, 0.25) is 0 Å². The first-order valence-corrected chi connectivity index (χ1v) is 13.4. The average Bonchev–Trinajstić information content (AvgIpc) is 3.49. The van der Waals surface area contributed by atoms with Gasteiger partial charge in [-0.2, -0.15) is 0 Å². The van der Waals surface area contributed by atoms with Crippen molar-refractivity contribution >= 4 is 40.9 Å². The number of rotatable bonds is 7. The van der Waals surface area contributed by atoms with Crippen LogP contribution >= 0.6 is 22.9 Å².